The number of carbonyl (C=O) groups excluding carboxylic acids is 3. The van der Waals surface area contributed by atoms with Gasteiger partial charge < -0.3 is 5.32 Å². The molecule has 0 atom stereocenters. The van der Waals surface area contributed by atoms with Crippen LogP contribution < -0.4 is 5.32 Å². The van der Waals surface area contributed by atoms with Gasteiger partial charge in [-0.3, -0.25) is 14.4 Å². The smallest absolute Gasteiger partial charge is 0.224 e. The van der Waals surface area contributed by atoms with Crippen LogP contribution in [0.4, 0.5) is 5.69 Å². The van der Waals surface area contributed by atoms with Crippen molar-refractivity contribution in [2.24, 2.45) is 0 Å². The standard InChI is InChI=1S/C16H15NO3S/c1-11(18)12-4-6-13(7-5-12)17-16(20)9-8-14(19)15-3-2-10-21-15/h2-7,10H,8-9H2,1H3,(H,17,20). The van der Waals surface area contributed by atoms with Crippen molar-refractivity contribution in [3.05, 3.63) is 52.2 Å². The summed E-state index contributed by atoms with van der Waals surface area (Å²) in [5.41, 5.74) is 1.22. The summed E-state index contributed by atoms with van der Waals surface area (Å²) in [6, 6.07) is 10.2. The van der Waals surface area contributed by atoms with E-state index in [0.717, 1.165) is 0 Å². The predicted molar refractivity (Wildman–Crippen MR) is 83.0 cm³/mol. The van der Waals surface area contributed by atoms with Gasteiger partial charge in [0.05, 0.1) is 4.88 Å². The highest BCUT2D eigenvalue weighted by molar-refractivity contribution is 7.12. The summed E-state index contributed by atoms with van der Waals surface area (Å²) in [6.45, 7) is 1.49. The normalized spacial score (nSPS) is 10.1. The first-order valence-electron chi connectivity index (χ1n) is 6.54. The minimum absolute atomic E-state index is 0.0191. The molecule has 0 saturated heterocycles. The highest BCUT2D eigenvalue weighted by Gasteiger charge is 2.10. The van der Waals surface area contributed by atoms with E-state index in [9.17, 15) is 14.4 Å². The Hall–Kier alpha value is -2.27. The molecule has 0 bridgehead atoms. The van der Waals surface area contributed by atoms with Gasteiger partial charge >= 0.3 is 0 Å². The molecule has 5 heteroatoms. The molecule has 0 aliphatic rings. The molecule has 0 fully saturated rings. The zero-order chi connectivity index (χ0) is 15.2. The van der Waals surface area contributed by atoms with Gasteiger partial charge in [-0.1, -0.05) is 6.07 Å². The third-order valence-electron chi connectivity index (χ3n) is 2.95. The number of nitrogens with one attached hydrogen (secondary N) is 1. The second kappa shape index (κ2) is 6.95. The van der Waals surface area contributed by atoms with E-state index in [1.165, 1.54) is 18.3 Å². The third-order valence-corrected chi connectivity index (χ3v) is 3.86. The first kappa shape index (κ1) is 15.1. The highest BCUT2D eigenvalue weighted by Crippen LogP contribution is 2.14. The van der Waals surface area contributed by atoms with Crippen molar-refractivity contribution in [3.63, 3.8) is 0 Å². The molecule has 1 N–H and O–H groups in total. The number of benzene rings is 1. The van der Waals surface area contributed by atoms with Crippen LogP contribution in [0.1, 0.15) is 39.8 Å². The summed E-state index contributed by atoms with van der Waals surface area (Å²) < 4.78 is 0. The van der Waals surface area contributed by atoms with Crippen LogP contribution >= 0.6 is 11.3 Å². The van der Waals surface area contributed by atoms with Crippen molar-refractivity contribution >= 4 is 34.5 Å². The fraction of sp³-hybridized carbons (Fsp3) is 0.188. The maximum Gasteiger partial charge on any atom is 0.224 e. The molecule has 21 heavy (non-hydrogen) atoms. The number of rotatable bonds is 6. The number of amides is 1. The molecule has 2 aromatic rings. The largest absolute Gasteiger partial charge is 0.326 e. The Morgan fingerprint density at radius 2 is 1.76 bits per heavy atom. The highest BCUT2D eigenvalue weighted by atomic mass is 32.1. The zero-order valence-corrected chi connectivity index (χ0v) is 12.4. The van der Waals surface area contributed by atoms with Gasteiger partial charge in [-0.2, -0.15) is 0 Å². The summed E-state index contributed by atoms with van der Waals surface area (Å²) in [5, 5.41) is 4.55. The van der Waals surface area contributed by atoms with E-state index in [1.807, 2.05) is 11.4 Å². The summed E-state index contributed by atoms with van der Waals surface area (Å²) in [5.74, 6) is -0.253. The second-order valence-electron chi connectivity index (χ2n) is 4.58. The summed E-state index contributed by atoms with van der Waals surface area (Å²) >= 11 is 1.38. The van der Waals surface area contributed by atoms with Gasteiger partial charge in [0, 0.05) is 24.1 Å². The fourth-order valence-electron chi connectivity index (χ4n) is 1.80. The van der Waals surface area contributed by atoms with Gasteiger partial charge in [0.2, 0.25) is 5.91 Å². The Bertz CT molecular complexity index is 645. The van der Waals surface area contributed by atoms with Gasteiger partial charge in [-0.25, -0.2) is 0 Å². The lowest BCUT2D eigenvalue weighted by Crippen LogP contribution is -2.13. The first-order valence-corrected chi connectivity index (χ1v) is 7.42. The number of anilines is 1. The van der Waals surface area contributed by atoms with Crippen molar-refractivity contribution in [2.75, 3.05) is 5.32 Å². The molecule has 1 aromatic heterocycles. The molecule has 1 heterocycles. The average molecular weight is 301 g/mol. The number of hydrogen-bond donors (Lipinski definition) is 1. The van der Waals surface area contributed by atoms with E-state index in [0.29, 0.717) is 16.1 Å². The molecule has 4 nitrogen and oxygen atoms in total. The molecule has 0 saturated carbocycles. The molecule has 2 rings (SSSR count). The number of hydrogen-bond acceptors (Lipinski definition) is 4. The predicted octanol–water partition coefficient (Wildman–Crippen LogP) is 3.55. The molecular formula is C16H15NO3S. The van der Waals surface area contributed by atoms with E-state index in [4.69, 9.17) is 0 Å². The number of thiophene rings is 1. The quantitative estimate of drug-likeness (QED) is 0.830. The SMILES string of the molecule is CC(=O)c1ccc(NC(=O)CCC(=O)c2cccs2)cc1. The Balaban J connectivity index is 1.84. The number of Topliss-reactive ketones (excluding diaryl/α,β-unsaturated/α-hetero) is 2. The minimum atomic E-state index is -0.213. The third kappa shape index (κ3) is 4.36. The van der Waals surface area contributed by atoms with Crippen LogP contribution in [-0.4, -0.2) is 17.5 Å². The van der Waals surface area contributed by atoms with Crippen molar-refractivity contribution in [1.29, 1.82) is 0 Å². The Kier molecular flexibility index (Phi) is 5.00. The van der Waals surface area contributed by atoms with E-state index in [1.54, 1.807) is 30.3 Å². The van der Waals surface area contributed by atoms with Crippen LogP contribution in [0.25, 0.3) is 0 Å². The van der Waals surface area contributed by atoms with Crippen LogP contribution in [0.15, 0.2) is 41.8 Å². The van der Waals surface area contributed by atoms with Crippen LogP contribution in [0.3, 0.4) is 0 Å². The average Bonchev–Trinajstić information content (AvgIpc) is 2.99. The fourth-order valence-corrected chi connectivity index (χ4v) is 2.49. The van der Waals surface area contributed by atoms with E-state index >= 15 is 0 Å². The molecule has 0 aliphatic carbocycles. The topological polar surface area (TPSA) is 63.2 Å². The van der Waals surface area contributed by atoms with Gasteiger partial charge in [-0.05, 0) is 42.6 Å². The van der Waals surface area contributed by atoms with Crippen molar-refractivity contribution in [3.8, 4) is 0 Å². The Labute approximate surface area is 126 Å². The van der Waals surface area contributed by atoms with Crippen LogP contribution in [0.5, 0.6) is 0 Å². The van der Waals surface area contributed by atoms with E-state index in [-0.39, 0.29) is 30.3 Å². The molecular weight excluding hydrogens is 286 g/mol. The molecule has 0 unspecified atom stereocenters. The summed E-state index contributed by atoms with van der Waals surface area (Å²) in [7, 11) is 0. The van der Waals surface area contributed by atoms with E-state index in [2.05, 4.69) is 5.32 Å². The van der Waals surface area contributed by atoms with Gasteiger partial charge in [0.15, 0.2) is 11.6 Å². The lowest BCUT2D eigenvalue weighted by molar-refractivity contribution is -0.116. The van der Waals surface area contributed by atoms with Gasteiger partial charge in [-0.15, -0.1) is 11.3 Å². The minimum Gasteiger partial charge on any atom is -0.326 e. The number of carbonyl (C=O) groups is 3. The lowest BCUT2D eigenvalue weighted by Gasteiger charge is -2.05. The molecule has 0 spiro atoms. The Morgan fingerprint density at radius 3 is 2.33 bits per heavy atom. The van der Waals surface area contributed by atoms with Gasteiger partial charge in [0.1, 0.15) is 0 Å². The lowest BCUT2D eigenvalue weighted by atomic mass is 10.1. The number of ketones is 2. The van der Waals surface area contributed by atoms with Crippen LogP contribution in [0, 0.1) is 0 Å². The molecule has 108 valence electrons. The molecule has 1 aromatic carbocycles. The molecule has 0 aliphatic heterocycles. The van der Waals surface area contributed by atoms with Crippen LogP contribution in [0.2, 0.25) is 0 Å². The second-order valence-corrected chi connectivity index (χ2v) is 5.53. The summed E-state index contributed by atoms with van der Waals surface area (Å²) in [6.07, 6.45) is 0.336. The maximum atomic E-state index is 11.8. The van der Waals surface area contributed by atoms with E-state index < -0.39 is 0 Å². The zero-order valence-electron chi connectivity index (χ0n) is 11.6. The maximum absolute atomic E-state index is 11.8. The van der Waals surface area contributed by atoms with Crippen molar-refractivity contribution < 1.29 is 14.4 Å². The van der Waals surface area contributed by atoms with Crippen molar-refractivity contribution in [1.82, 2.24) is 0 Å². The van der Waals surface area contributed by atoms with Crippen LogP contribution in [-0.2, 0) is 4.79 Å². The first-order chi connectivity index (χ1) is 10.1. The summed E-state index contributed by atoms with van der Waals surface area (Å²) in [4.78, 5) is 35.4. The Morgan fingerprint density at radius 1 is 1.05 bits per heavy atom. The molecule has 1 amide bonds. The monoisotopic (exact) mass is 301 g/mol. The van der Waals surface area contributed by atoms with Crippen molar-refractivity contribution in [2.45, 2.75) is 19.8 Å². The van der Waals surface area contributed by atoms with Gasteiger partial charge in [0.25, 0.3) is 0 Å². The molecule has 0 radical (unpaired) electrons.